The van der Waals surface area contributed by atoms with Crippen LogP contribution in [0.15, 0.2) is 4.47 Å². The van der Waals surface area contributed by atoms with Crippen LogP contribution in [0.25, 0.3) is 0 Å². The van der Waals surface area contributed by atoms with Gasteiger partial charge in [0.25, 0.3) is 0 Å². The number of hydrogen-bond donors (Lipinski definition) is 2. The van der Waals surface area contributed by atoms with Gasteiger partial charge in [-0.2, -0.15) is 5.10 Å². The molecule has 2 aliphatic carbocycles. The summed E-state index contributed by atoms with van der Waals surface area (Å²) in [5.41, 5.74) is 2.04. The average Bonchev–Trinajstić information content (AvgIpc) is 3.03. The van der Waals surface area contributed by atoms with Crippen LogP contribution in [0, 0.1) is 24.7 Å². The van der Waals surface area contributed by atoms with Gasteiger partial charge < -0.3 is 10.4 Å². The first kappa shape index (κ1) is 14.1. The fraction of sp³-hybridized carbons (Fsp3) is 0.714. The van der Waals surface area contributed by atoms with Crippen molar-refractivity contribution in [2.75, 3.05) is 0 Å². The summed E-state index contributed by atoms with van der Waals surface area (Å²) in [5, 5.41) is 17.3. The first-order valence-corrected chi connectivity index (χ1v) is 7.92. The summed E-state index contributed by atoms with van der Waals surface area (Å²) in [6, 6.07) is 0.105. The maximum absolute atomic E-state index is 11.5. The summed E-state index contributed by atoms with van der Waals surface area (Å²) >= 11 is 3.56. The van der Waals surface area contributed by atoms with Gasteiger partial charge in [0.1, 0.15) is 0 Å². The molecule has 0 amide bonds. The molecule has 4 unspecified atom stereocenters. The number of aryl methyl sites for hydroxylation is 2. The molecule has 0 aliphatic heterocycles. The molecule has 1 aromatic rings. The molecule has 4 atom stereocenters. The van der Waals surface area contributed by atoms with Gasteiger partial charge in [-0.1, -0.05) is 0 Å². The predicted molar refractivity (Wildman–Crippen MR) is 78.2 cm³/mol. The highest BCUT2D eigenvalue weighted by Crippen LogP contribution is 2.48. The van der Waals surface area contributed by atoms with Gasteiger partial charge in [0.15, 0.2) is 0 Å². The van der Waals surface area contributed by atoms with Gasteiger partial charge in [-0.05, 0) is 54.0 Å². The molecule has 0 radical (unpaired) electrons. The fourth-order valence-electron chi connectivity index (χ4n) is 4.03. The number of carbonyl (C=O) groups is 1. The van der Waals surface area contributed by atoms with Crippen molar-refractivity contribution in [3.8, 4) is 0 Å². The zero-order chi connectivity index (χ0) is 14.4. The Bertz CT molecular complexity index is 543. The highest BCUT2D eigenvalue weighted by Gasteiger charge is 2.50. The Labute approximate surface area is 126 Å². The lowest BCUT2D eigenvalue weighted by Gasteiger charge is -2.29. The van der Waals surface area contributed by atoms with Crippen molar-refractivity contribution in [1.29, 1.82) is 0 Å². The third kappa shape index (κ3) is 2.19. The lowest BCUT2D eigenvalue weighted by atomic mass is 9.84. The summed E-state index contributed by atoms with van der Waals surface area (Å²) in [5.74, 6) is 0.0257. The smallest absolute Gasteiger partial charge is 0.308 e. The molecule has 2 N–H and O–H groups in total. The number of carboxylic acids is 1. The van der Waals surface area contributed by atoms with Crippen LogP contribution in [-0.4, -0.2) is 26.9 Å². The largest absolute Gasteiger partial charge is 0.481 e. The number of rotatable bonds is 4. The highest BCUT2D eigenvalue weighted by atomic mass is 79.9. The number of nitrogens with one attached hydrogen (secondary N) is 1. The summed E-state index contributed by atoms with van der Waals surface area (Å²) < 4.78 is 2.87. The van der Waals surface area contributed by atoms with E-state index in [1.807, 2.05) is 18.7 Å². The third-order valence-electron chi connectivity index (χ3n) is 4.97. The van der Waals surface area contributed by atoms with Gasteiger partial charge >= 0.3 is 5.97 Å². The lowest BCUT2D eigenvalue weighted by molar-refractivity contribution is -0.144. The Hall–Kier alpha value is -0.880. The average molecular weight is 342 g/mol. The van der Waals surface area contributed by atoms with E-state index in [0.717, 1.165) is 35.1 Å². The number of hydrogen-bond acceptors (Lipinski definition) is 3. The number of nitrogens with zero attached hydrogens (tertiary/aromatic N) is 2. The van der Waals surface area contributed by atoms with E-state index >= 15 is 0 Å². The minimum atomic E-state index is -0.644. The van der Waals surface area contributed by atoms with Crippen molar-refractivity contribution in [3.05, 3.63) is 15.9 Å². The Balaban J connectivity index is 1.73. The van der Waals surface area contributed by atoms with Crippen molar-refractivity contribution in [2.45, 2.75) is 38.8 Å². The molecule has 3 rings (SSSR count). The molecule has 1 heterocycles. The van der Waals surface area contributed by atoms with Gasteiger partial charge in [0.05, 0.1) is 21.8 Å². The molecule has 2 bridgehead atoms. The number of aliphatic carboxylic acids is 1. The molecule has 2 fully saturated rings. The van der Waals surface area contributed by atoms with Crippen molar-refractivity contribution in [2.24, 2.45) is 24.8 Å². The van der Waals surface area contributed by atoms with Crippen LogP contribution < -0.4 is 5.32 Å². The van der Waals surface area contributed by atoms with Crippen molar-refractivity contribution < 1.29 is 9.90 Å². The zero-order valence-electron chi connectivity index (χ0n) is 11.8. The fourth-order valence-corrected chi connectivity index (χ4v) is 4.50. The predicted octanol–water partition coefficient (Wildman–Crippen LogP) is 2.08. The van der Waals surface area contributed by atoms with Gasteiger partial charge in [-0.25, -0.2) is 0 Å². The van der Waals surface area contributed by atoms with E-state index in [4.69, 9.17) is 0 Å². The molecule has 6 heteroatoms. The maximum Gasteiger partial charge on any atom is 0.308 e. The summed E-state index contributed by atoms with van der Waals surface area (Å²) in [4.78, 5) is 11.5. The third-order valence-corrected chi connectivity index (χ3v) is 6.00. The zero-order valence-corrected chi connectivity index (χ0v) is 13.4. The Morgan fingerprint density at radius 1 is 1.50 bits per heavy atom. The Morgan fingerprint density at radius 3 is 2.80 bits per heavy atom. The van der Waals surface area contributed by atoms with Crippen LogP contribution in [0.4, 0.5) is 0 Å². The van der Waals surface area contributed by atoms with Crippen molar-refractivity contribution >= 4 is 21.9 Å². The second kappa shape index (κ2) is 5.15. The molecular formula is C14H20BrN3O2. The minimum absolute atomic E-state index is 0.105. The normalized spacial score (nSPS) is 31.9. The quantitative estimate of drug-likeness (QED) is 0.879. The van der Waals surface area contributed by atoms with E-state index in [9.17, 15) is 9.90 Å². The van der Waals surface area contributed by atoms with E-state index < -0.39 is 5.97 Å². The topological polar surface area (TPSA) is 67.2 Å². The van der Waals surface area contributed by atoms with E-state index in [-0.39, 0.29) is 12.0 Å². The van der Waals surface area contributed by atoms with Crippen LogP contribution >= 0.6 is 15.9 Å². The van der Waals surface area contributed by atoms with E-state index in [1.165, 1.54) is 0 Å². The number of carboxylic acid groups (broad SMARTS) is 1. The van der Waals surface area contributed by atoms with Crippen molar-refractivity contribution in [3.63, 3.8) is 0 Å². The summed E-state index contributed by atoms with van der Waals surface area (Å²) in [6.07, 6.45) is 3.31. The Morgan fingerprint density at radius 2 is 2.20 bits per heavy atom. The number of aromatic nitrogens is 2. The minimum Gasteiger partial charge on any atom is -0.481 e. The van der Waals surface area contributed by atoms with E-state index in [1.54, 1.807) is 0 Å². The standard InChI is InChI=1S/C14H20BrN3O2/c1-7-12(15)10(18(2)17-7)6-16-13-9-4-3-8(5-9)11(13)14(19)20/h8-9,11,13,16H,3-6H2,1-2H3,(H,19,20). The molecule has 1 aromatic heterocycles. The SMILES string of the molecule is Cc1nn(C)c(CNC2C3CCC(C3)C2C(=O)O)c1Br. The first-order valence-electron chi connectivity index (χ1n) is 7.13. The second-order valence-electron chi connectivity index (χ2n) is 6.07. The van der Waals surface area contributed by atoms with Crippen molar-refractivity contribution in [1.82, 2.24) is 15.1 Å². The first-order chi connectivity index (χ1) is 9.49. The van der Waals surface area contributed by atoms with E-state index in [2.05, 4.69) is 26.3 Å². The summed E-state index contributed by atoms with van der Waals surface area (Å²) in [6.45, 7) is 2.63. The molecular weight excluding hydrogens is 322 g/mol. The molecule has 110 valence electrons. The monoisotopic (exact) mass is 341 g/mol. The molecule has 0 aromatic carbocycles. The van der Waals surface area contributed by atoms with Gasteiger partial charge in [0.2, 0.25) is 0 Å². The number of fused-ring (bicyclic) bond motifs is 2. The van der Waals surface area contributed by atoms with Crippen LogP contribution in [0.5, 0.6) is 0 Å². The number of halogens is 1. The second-order valence-corrected chi connectivity index (χ2v) is 6.87. The molecule has 2 saturated carbocycles. The van der Waals surface area contributed by atoms with Gasteiger partial charge in [-0.3, -0.25) is 9.48 Å². The van der Waals surface area contributed by atoms with Gasteiger partial charge in [0, 0.05) is 19.6 Å². The molecule has 20 heavy (non-hydrogen) atoms. The molecule has 5 nitrogen and oxygen atoms in total. The lowest BCUT2D eigenvalue weighted by Crippen LogP contribution is -2.44. The van der Waals surface area contributed by atoms with Crippen LogP contribution in [0.1, 0.15) is 30.7 Å². The highest BCUT2D eigenvalue weighted by molar-refractivity contribution is 9.10. The van der Waals surface area contributed by atoms with Gasteiger partial charge in [-0.15, -0.1) is 0 Å². The maximum atomic E-state index is 11.5. The van der Waals surface area contributed by atoms with E-state index in [0.29, 0.717) is 18.4 Å². The molecule has 0 spiro atoms. The van der Waals surface area contributed by atoms with Crippen LogP contribution in [0.3, 0.4) is 0 Å². The molecule has 0 saturated heterocycles. The van der Waals surface area contributed by atoms with Crippen LogP contribution in [-0.2, 0) is 18.4 Å². The van der Waals surface area contributed by atoms with Crippen LogP contribution in [0.2, 0.25) is 0 Å². The molecule has 2 aliphatic rings. The summed E-state index contributed by atoms with van der Waals surface area (Å²) in [7, 11) is 1.92. The Kier molecular flexibility index (Phi) is 3.62.